The highest BCUT2D eigenvalue weighted by atomic mass is 32.1. The molecule has 0 bridgehead atoms. The number of nitro groups is 1. The molecule has 0 fully saturated rings. The number of rotatable bonds is 6. The summed E-state index contributed by atoms with van der Waals surface area (Å²) in [7, 11) is 0. The first-order valence-corrected chi connectivity index (χ1v) is 8.90. The van der Waals surface area contributed by atoms with Crippen LogP contribution >= 0.6 is 11.3 Å². The maximum Gasteiger partial charge on any atom is 0.416 e. The number of nitrogens with zero attached hydrogens (tertiary/aromatic N) is 2. The van der Waals surface area contributed by atoms with Crippen LogP contribution in [0.3, 0.4) is 0 Å². The standard InChI is InChI=1S/C18H11F3N4O4S/c19-18(20,21)11-4-2-10(3-5-11)14-15(16(22)27)30-17(24-14)23-12-7-9(8-26)1-6-13(12)25(28)29/h1-8H,(H2,22,27)(H,23,24). The molecular weight excluding hydrogens is 425 g/mol. The van der Waals surface area contributed by atoms with Crippen LogP contribution in [0.5, 0.6) is 0 Å². The van der Waals surface area contributed by atoms with E-state index in [0.29, 0.717) is 6.29 Å². The Kier molecular flexibility index (Phi) is 5.52. The summed E-state index contributed by atoms with van der Waals surface area (Å²) in [5.74, 6) is -0.869. The van der Waals surface area contributed by atoms with E-state index in [9.17, 15) is 32.9 Å². The molecule has 154 valence electrons. The summed E-state index contributed by atoms with van der Waals surface area (Å²) >= 11 is 0.771. The van der Waals surface area contributed by atoms with Gasteiger partial charge >= 0.3 is 6.18 Å². The van der Waals surface area contributed by atoms with E-state index < -0.39 is 22.6 Å². The molecule has 0 aliphatic heterocycles. The molecule has 8 nitrogen and oxygen atoms in total. The van der Waals surface area contributed by atoms with Crippen LogP contribution in [0.15, 0.2) is 42.5 Å². The molecule has 3 N–H and O–H groups in total. The zero-order chi connectivity index (χ0) is 22.1. The zero-order valence-electron chi connectivity index (χ0n) is 14.8. The van der Waals surface area contributed by atoms with Crippen LogP contribution in [-0.4, -0.2) is 22.1 Å². The van der Waals surface area contributed by atoms with Crippen molar-refractivity contribution in [1.29, 1.82) is 0 Å². The lowest BCUT2D eigenvalue weighted by atomic mass is 10.1. The minimum atomic E-state index is -4.53. The van der Waals surface area contributed by atoms with Gasteiger partial charge in [0.1, 0.15) is 16.9 Å². The lowest BCUT2D eigenvalue weighted by Gasteiger charge is -2.07. The highest BCUT2D eigenvalue weighted by Gasteiger charge is 2.30. The van der Waals surface area contributed by atoms with Gasteiger partial charge in [0.15, 0.2) is 5.13 Å². The number of nitrogens with two attached hydrogens (primary N) is 1. The number of nitrogens with one attached hydrogen (secondary N) is 1. The number of hydrogen-bond donors (Lipinski definition) is 2. The molecule has 1 aromatic heterocycles. The Labute approximate surface area is 170 Å². The molecule has 0 aliphatic carbocycles. The van der Waals surface area contributed by atoms with Gasteiger partial charge in [-0.25, -0.2) is 4.98 Å². The number of carbonyl (C=O) groups excluding carboxylic acids is 2. The summed E-state index contributed by atoms with van der Waals surface area (Å²) in [6.45, 7) is 0. The first-order chi connectivity index (χ1) is 14.1. The van der Waals surface area contributed by atoms with E-state index in [1.165, 1.54) is 12.1 Å². The Hall–Kier alpha value is -3.80. The molecule has 2 aromatic carbocycles. The number of thiazole rings is 1. The Balaban J connectivity index is 2.03. The fourth-order valence-corrected chi connectivity index (χ4v) is 3.41. The van der Waals surface area contributed by atoms with E-state index in [1.54, 1.807) is 0 Å². The molecule has 30 heavy (non-hydrogen) atoms. The maximum absolute atomic E-state index is 12.8. The van der Waals surface area contributed by atoms with Crippen molar-refractivity contribution >= 4 is 40.0 Å². The number of nitro benzene ring substituents is 1. The number of alkyl halides is 3. The maximum atomic E-state index is 12.8. The third-order valence-corrected chi connectivity index (χ3v) is 4.92. The molecule has 12 heteroatoms. The quantitative estimate of drug-likeness (QED) is 0.335. The number of primary amides is 1. The second kappa shape index (κ2) is 7.91. The van der Waals surface area contributed by atoms with Gasteiger partial charge < -0.3 is 11.1 Å². The number of amides is 1. The van der Waals surface area contributed by atoms with E-state index in [2.05, 4.69) is 10.3 Å². The Morgan fingerprint density at radius 3 is 2.40 bits per heavy atom. The number of anilines is 2. The second-order valence-corrected chi connectivity index (χ2v) is 6.91. The van der Waals surface area contributed by atoms with Gasteiger partial charge in [-0.1, -0.05) is 23.5 Å². The van der Waals surface area contributed by atoms with Crippen LogP contribution in [0, 0.1) is 10.1 Å². The second-order valence-electron chi connectivity index (χ2n) is 5.91. The van der Waals surface area contributed by atoms with E-state index in [4.69, 9.17) is 5.73 Å². The van der Waals surface area contributed by atoms with E-state index in [1.807, 2.05) is 0 Å². The third-order valence-electron chi connectivity index (χ3n) is 3.93. The summed E-state index contributed by atoms with van der Waals surface area (Å²) in [6.07, 6.45) is -4.03. The number of hydrogen-bond acceptors (Lipinski definition) is 7. The predicted octanol–water partition coefficient (Wildman–Crippen LogP) is 4.39. The lowest BCUT2D eigenvalue weighted by molar-refractivity contribution is -0.383. The van der Waals surface area contributed by atoms with Crippen molar-refractivity contribution in [3.05, 3.63) is 68.6 Å². The highest BCUT2D eigenvalue weighted by molar-refractivity contribution is 7.18. The van der Waals surface area contributed by atoms with Gasteiger partial charge in [-0.15, -0.1) is 0 Å². The van der Waals surface area contributed by atoms with Crippen LogP contribution in [0.2, 0.25) is 0 Å². The topological polar surface area (TPSA) is 128 Å². The Morgan fingerprint density at radius 2 is 1.87 bits per heavy atom. The first kappa shape index (κ1) is 20.9. The van der Waals surface area contributed by atoms with Gasteiger partial charge in [-0.3, -0.25) is 19.7 Å². The van der Waals surface area contributed by atoms with Crippen molar-refractivity contribution < 1.29 is 27.7 Å². The van der Waals surface area contributed by atoms with Crippen LogP contribution in [-0.2, 0) is 6.18 Å². The van der Waals surface area contributed by atoms with Gasteiger partial charge in [0.25, 0.3) is 11.6 Å². The summed E-state index contributed by atoms with van der Waals surface area (Å²) in [6, 6.07) is 7.59. The monoisotopic (exact) mass is 436 g/mol. The SMILES string of the molecule is NC(=O)c1sc(Nc2cc(C=O)ccc2[N+](=O)[O-])nc1-c1ccc(C(F)(F)F)cc1. The molecule has 0 radical (unpaired) electrons. The van der Waals surface area contributed by atoms with Crippen molar-refractivity contribution in [2.45, 2.75) is 6.18 Å². The molecule has 0 unspecified atom stereocenters. The minimum Gasteiger partial charge on any atom is -0.365 e. The molecule has 0 spiro atoms. The predicted molar refractivity (Wildman–Crippen MR) is 103 cm³/mol. The van der Waals surface area contributed by atoms with Crippen molar-refractivity contribution in [1.82, 2.24) is 4.98 Å². The number of carbonyl (C=O) groups is 2. The van der Waals surface area contributed by atoms with Gasteiger partial charge in [0.05, 0.1) is 16.2 Å². The molecule has 3 rings (SSSR count). The molecule has 0 aliphatic rings. The number of aromatic nitrogens is 1. The van der Waals surface area contributed by atoms with Crippen molar-refractivity contribution in [2.75, 3.05) is 5.32 Å². The third kappa shape index (κ3) is 4.27. The van der Waals surface area contributed by atoms with Crippen molar-refractivity contribution in [3.63, 3.8) is 0 Å². The fourth-order valence-electron chi connectivity index (χ4n) is 2.55. The number of halogens is 3. The Morgan fingerprint density at radius 1 is 1.20 bits per heavy atom. The average Bonchev–Trinajstić information content (AvgIpc) is 3.11. The summed E-state index contributed by atoms with van der Waals surface area (Å²) in [4.78, 5) is 37.4. The molecular formula is C18H11F3N4O4S. The van der Waals surface area contributed by atoms with E-state index in [0.717, 1.165) is 41.7 Å². The van der Waals surface area contributed by atoms with Gasteiger partial charge in [0.2, 0.25) is 0 Å². The highest BCUT2D eigenvalue weighted by Crippen LogP contribution is 2.36. The van der Waals surface area contributed by atoms with Crippen LogP contribution < -0.4 is 11.1 Å². The van der Waals surface area contributed by atoms with E-state index in [-0.39, 0.29) is 38.2 Å². The molecule has 0 atom stereocenters. The largest absolute Gasteiger partial charge is 0.416 e. The molecule has 0 saturated carbocycles. The smallest absolute Gasteiger partial charge is 0.365 e. The van der Waals surface area contributed by atoms with E-state index >= 15 is 0 Å². The van der Waals surface area contributed by atoms with Gasteiger partial charge in [0, 0.05) is 17.2 Å². The molecule has 1 amide bonds. The van der Waals surface area contributed by atoms with Crippen LogP contribution in [0.25, 0.3) is 11.3 Å². The summed E-state index contributed by atoms with van der Waals surface area (Å²) in [5.41, 5.74) is 4.49. The zero-order valence-corrected chi connectivity index (χ0v) is 15.6. The average molecular weight is 436 g/mol. The molecule has 3 aromatic rings. The van der Waals surface area contributed by atoms with Gasteiger partial charge in [-0.05, 0) is 24.3 Å². The first-order valence-electron chi connectivity index (χ1n) is 8.09. The van der Waals surface area contributed by atoms with Crippen LogP contribution in [0.1, 0.15) is 25.6 Å². The Bertz CT molecular complexity index is 1140. The lowest BCUT2D eigenvalue weighted by Crippen LogP contribution is -2.10. The molecule has 0 saturated heterocycles. The van der Waals surface area contributed by atoms with Crippen molar-refractivity contribution in [2.24, 2.45) is 5.73 Å². The summed E-state index contributed by atoms with van der Waals surface area (Å²) < 4.78 is 38.3. The number of benzene rings is 2. The summed E-state index contributed by atoms with van der Waals surface area (Å²) in [5, 5.41) is 13.9. The van der Waals surface area contributed by atoms with Crippen LogP contribution in [0.4, 0.5) is 29.7 Å². The minimum absolute atomic E-state index is 0.0259. The van der Waals surface area contributed by atoms with Crippen molar-refractivity contribution in [3.8, 4) is 11.3 Å². The molecule has 1 heterocycles. The number of aldehydes is 1. The fraction of sp³-hybridized carbons (Fsp3) is 0.0556. The van der Waals surface area contributed by atoms with Gasteiger partial charge in [-0.2, -0.15) is 13.2 Å². The normalized spacial score (nSPS) is 11.2.